The van der Waals surface area contributed by atoms with Crippen molar-refractivity contribution in [3.05, 3.63) is 96.3 Å². The predicted octanol–water partition coefficient (Wildman–Crippen LogP) is 5.65. The number of hydrogen-bond acceptors (Lipinski definition) is 5. The van der Waals surface area contributed by atoms with Crippen molar-refractivity contribution in [3.63, 3.8) is 0 Å². The lowest BCUT2D eigenvalue weighted by Crippen LogP contribution is -2.46. The number of nitrogens with zero attached hydrogens (tertiary/aromatic N) is 4. The molecule has 2 fully saturated rings. The van der Waals surface area contributed by atoms with E-state index >= 15 is 4.39 Å². The normalized spacial score (nSPS) is 18.5. The Morgan fingerprint density at radius 3 is 2.57 bits per heavy atom. The number of benzene rings is 2. The van der Waals surface area contributed by atoms with Crippen molar-refractivity contribution in [1.29, 1.82) is 0 Å². The monoisotopic (exact) mass is 468 g/mol. The summed E-state index contributed by atoms with van der Waals surface area (Å²) in [7, 11) is 0. The maximum absolute atomic E-state index is 15.4. The largest absolute Gasteiger partial charge is 0.508 e. The summed E-state index contributed by atoms with van der Waals surface area (Å²) < 4.78 is 15.4. The van der Waals surface area contributed by atoms with Gasteiger partial charge in [-0.1, -0.05) is 37.4 Å². The van der Waals surface area contributed by atoms with Gasteiger partial charge in [0.15, 0.2) is 0 Å². The summed E-state index contributed by atoms with van der Waals surface area (Å²) in [6.45, 7) is 11.9. The lowest BCUT2D eigenvalue weighted by Gasteiger charge is -2.38. The van der Waals surface area contributed by atoms with Crippen molar-refractivity contribution in [1.82, 2.24) is 9.88 Å². The lowest BCUT2D eigenvalue weighted by molar-refractivity contribution is 0.250. The van der Waals surface area contributed by atoms with Gasteiger partial charge in [-0.2, -0.15) is 0 Å². The fraction of sp³-hybridized carbons (Fsp3) is 0.276. The molecule has 1 saturated carbocycles. The van der Waals surface area contributed by atoms with E-state index in [1.54, 1.807) is 6.07 Å². The molecule has 6 heteroatoms. The topological polar surface area (TPSA) is 42.8 Å². The number of rotatable bonds is 5. The molecule has 3 heterocycles. The first-order chi connectivity index (χ1) is 17.0. The number of anilines is 2. The first-order valence-corrected chi connectivity index (χ1v) is 12.2. The minimum Gasteiger partial charge on any atom is -0.508 e. The number of piperazine rings is 1. The SMILES string of the molecule is C=C(O)C1=CN(C2CC2)c2cc(N3CCN(Cc4cccc5cccnc45)CC3)c(F)cc2C1=C. The van der Waals surface area contributed by atoms with Crippen LogP contribution in [0.3, 0.4) is 0 Å². The molecule has 35 heavy (non-hydrogen) atoms. The number of fused-ring (bicyclic) bond motifs is 2. The minimum absolute atomic E-state index is 0.0340. The third-order valence-electron chi connectivity index (χ3n) is 7.34. The van der Waals surface area contributed by atoms with Crippen molar-refractivity contribution >= 4 is 27.9 Å². The lowest BCUT2D eigenvalue weighted by atomic mass is 9.92. The van der Waals surface area contributed by atoms with E-state index in [2.05, 4.69) is 57.1 Å². The van der Waals surface area contributed by atoms with Gasteiger partial charge in [0.2, 0.25) is 0 Å². The first kappa shape index (κ1) is 21.9. The van der Waals surface area contributed by atoms with Crippen LogP contribution in [-0.4, -0.2) is 47.2 Å². The molecular weight excluding hydrogens is 439 g/mol. The molecule has 1 aliphatic carbocycles. The van der Waals surface area contributed by atoms with Crippen LogP contribution in [0, 0.1) is 5.82 Å². The van der Waals surface area contributed by atoms with Crippen LogP contribution in [0.1, 0.15) is 24.0 Å². The fourth-order valence-electron chi connectivity index (χ4n) is 5.27. The molecule has 178 valence electrons. The zero-order valence-corrected chi connectivity index (χ0v) is 19.8. The van der Waals surface area contributed by atoms with E-state index in [-0.39, 0.29) is 11.6 Å². The maximum Gasteiger partial charge on any atom is 0.147 e. The molecule has 0 amide bonds. The van der Waals surface area contributed by atoms with Crippen LogP contribution in [0.5, 0.6) is 0 Å². The highest BCUT2D eigenvalue weighted by Crippen LogP contribution is 2.45. The Morgan fingerprint density at radius 2 is 1.83 bits per heavy atom. The van der Waals surface area contributed by atoms with E-state index in [1.807, 2.05) is 24.5 Å². The van der Waals surface area contributed by atoms with Crippen LogP contribution in [0.4, 0.5) is 15.8 Å². The van der Waals surface area contributed by atoms with Crippen LogP contribution in [0.25, 0.3) is 16.5 Å². The van der Waals surface area contributed by atoms with E-state index < -0.39 is 0 Å². The number of halogens is 1. The predicted molar refractivity (Wildman–Crippen MR) is 140 cm³/mol. The zero-order chi connectivity index (χ0) is 24.1. The van der Waals surface area contributed by atoms with Gasteiger partial charge in [0.05, 0.1) is 16.9 Å². The number of hydrogen-bond donors (Lipinski definition) is 1. The summed E-state index contributed by atoms with van der Waals surface area (Å²) in [5.74, 6) is -0.287. The molecule has 3 aromatic rings. The number of pyridine rings is 1. The standard InChI is InChI=1S/C29H29FN4O/c1-19-24-15-26(30)28(16-27(24)34(23-8-9-23)18-25(19)20(2)35)33-13-11-32(12-14-33)17-22-6-3-5-21-7-4-10-31-29(21)22/h3-7,10,15-16,18,23,35H,1-2,8-9,11-14,17H2. The van der Waals surface area contributed by atoms with E-state index in [0.29, 0.717) is 22.9 Å². The summed E-state index contributed by atoms with van der Waals surface area (Å²) in [4.78, 5) is 11.3. The molecule has 2 aliphatic heterocycles. The molecule has 2 aromatic carbocycles. The highest BCUT2D eigenvalue weighted by molar-refractivity contribution is 5.92. The van der Waals surface area contributed by atoms with Gasteiger partial charge in [0, 0.05) is 67.7 Å². The van der Waals surface area contributed by atoms with E-state index in [0.717, 1.165) is 67.7 Å². The van der Waals surface area contributed by atoms with E-state index in [4.69, 9.17) is 0 Å². The van der Waals surface area contributed by atoms with Gasteiger partial charge in [0.1, 0.15) is 11.6 Å². The summed E-state index contributed by atoms with van der Waals surface area (Å²) in [5.41, 5.74) is 5.79. The van der Waals surface area contributed by atoms with Gasteiger partial charge in [-0.25, -0.2) is 4.39 Å². The average Bonchev–Trinajstić information content (AvgIpc) is 3.70. The molecule has 1 aromatic heterocycles. The van der Waals surface area contributed by atoms with Crippen molar-refractivity contribution in [2.24, 2.45) is 0 Å². The number of aliphatic hydroxyl groups is 1. The quantitative estimate of drug-likeness (QED) is 0.491. The summed E-state index contributed by atoms with van der Waals surface area (Å²) in [6, 6.07) is 14.3. The van der Waals surface area contributed by atoms with Crippen LogP contribution in [-0.2, 0) is 6.54 Å². The van der Waals surface area contributed by atoms with Gasteiger partial charge in [-0.15, -0.1) is 0 Å². The fourth-order valence-corrected chi connectivity index (χ4v) is 5.27. The molecule has 0 spiro atoms. The van der Waals surface area contributed by atoms with Gasteiger partial charge >= 0.3 is 0 Å². The Labute approximate surface area is 205 Å². The zero-order valence-electron chi connectivity index (χ0n) is 19.8. The Hall–Kier alpha value is -3.64. The van der Waals surface area contributed by atoms with Gasteiger partial charge in [-0.05, 0) is 42.2 Å². The van der Waals surface area contributed by atoms with Crippen molar-refractivity contribution in [3.8, 4) is 0 Å². The Balaban J connectivity index is 1.22. The van der Waals surface area contributed by atoms with Crippen molar-refractivity contribution in [2.45, 2.75) is 25.4 Å². The first-order valence-electron chi connectivity index (χ1n) is 12.2. The molecular formula is C29H29FN4O. The number of aliphatic hydroxyl groups excluding tert-OH is 1. The molecule has 0 atom stereocenters. The second-order valence-electron chi connectivity index (χ2n) is 9.68. The highest BCUT2D eigenvalue weighted by Gasteiger charge is 2.35. The molecule has 0 bridgehead atoms. The molecule has 0 unspecified atom stereocenters. The van der Waals surface area contributed by atoms with Crippen LogP contribution < -0.4 is 9.80 Å². The maximum atomic E-state index is 15.4. The molecule has 1 N–H and O–H groups in total. The number of allylic oxidation sites excluding steroid dienone is 1. The highest BCUT2D eigenvalue weighted by atomic mass is 19.1. The number of para-hydroxylation sites is 1. The Bertz CT molecular complexity index is 1360. The smallest absolute Gasteiger partial charge is 0.147 e. The molecule has 3 aliphatic rings. The number of aromatic nitrogens is 1. The third kappa shape index (κ3) is 3.98. The van der Waals surface area contributed by atoms with Crippen LogP contribution >= 0.6 is 0 Å². The van der Waals surface area contributed by atoms with Gasteiger partial charge < -0.3 is 14.9 Å². The van der Waals surface area contributed by atoms with Crippen molar-refractivity contribution < 1.29 is 9.50 Å². The van der Waals surface area contributed by atoms with E-state index in [1.165, 1.54) is 5.56 Å². The third-order valence-corrected chi connectivity index (χ3v) is 7.34. The van der Waals surface area contributed by atoms with E-state index in [9.17, 15) is 5.11 Å². The molecule has 5 nitrogen and oxygen atoms in total. The summed E-state index contributed by atoms with van der Waals surface area (Å²) in [6.07, 6.45) is 5.93. The summed E-state index contributed by atoms with van der Waals surface area (Å²) in [5, 5.41) is 11.2. The van der Waals surface area contributed by atoms with Crippen LogP contribution in [0.15, 0.2) is 79.4 Å². The second-order valence-corrected chi connectivity index (χ2v) is 9.68. The molecule has 1 saturated heterocycles. The van der Waals surface area contributed by atoms with Gasteiger partial charge in [-0.3, -0.25) is 9.88 Å². The average molecular weight is 469 g/mol. The van der Waals surface area contributed by atoms with Gasteiger partial charge in [0.25, 0.3) is 0 Å². The van der Waals surface area contributed by atoms with Crippen LogP contribution in [0.2, 0.25) is 0 Å². The van der Waals surface area contributed by atoms with Crippen molar-refractivity contribution in [2.75, 3.05) is 36.0 Å². The molecule has 0 radical (unpaired) electrons. The Morgan fingerprint density at radius 1 is 1.06 bits per heavy atom. The molecule has 6 rings (SSSR count). The Kier molecular flexibility index (Phi) is 5.33. The summed E-state index contributed by atoms with van der Waals surface area (Å²) >= 11 is 0. The second kappa shape index (κ2) is 8.54. The minimum atomic E-state index is -0.253.